The second kappa shape index (κ2) is 5.47. The van der Waals surface area contributed by atoms with Crippen molar-refractivity contribution in [2.75, 3.05) is 44.8 Å². The second-order valence-corrected chi connectivity index (χ2v) is 5.64. The molecule has 0 bridgehead atoms. The molecule has 1 aromatic rings. The van der Waals surface area contributed by atoms with Gasteiger partial charge in [0.2, 0.25) is 0 Å². The molecular formula is C15H23N3O. The van der Waals surface area contributed by atoms with Crippen LogP contribution in [-0.4, -0.2) is 49.8 Å². The first kappa shape index (κ1) is 12.9. The van der Waals surface area contributed by atoms with Crippen molar-refractivity contribution in [2.45, 2.75) is 25.8 Å². The lowest BCUT2D eigenvalue weighted by atomic mass is 10.0. The van der Waals surface area contributed by atoms with Crippen molar-refractivity contribution >= 4 is 5.82 Å². The van der Waals surface area contributed by atoms with E-state index in [1.165, 1.54) is 30.5 Å². The Morgan fingerprint density at radius 3 is 2.68 bits per heavy atom. The number of morpholine rings is 1. The van der Waals surface area contributed by atoms with Crippen LogP contribution in [0.5, 0.6) is 0 Å². The average Bonchev–Trinajstić information content (AvgIpc) is 2.86. The van der Waals surface area contributed by atoms with Crippen LogP contribution in [0.3, 0.4) is 0 Å². The number of pyridine rings is 1. The molecule has 3 rings (SSSR count). The number of aryl methyl sites for hydroxylation is 1. The number of rotatable bonds is 2. The van der Waals surface area contributed by atoms with Gasteiger partial charge >= 0.3 is 0 Å². The predicted molar refractivity (Wildman–Crippen MR) is 76.6 cm³/mol. The molecular weight excluding hydrogens is 238 g/mol. The summed E-state index contributed by atoms with van der Waals surface area (Å²) < 4.78 is 5.39. The van der Waals surface area contributed by atoms with Crippen LogP contribution in [0.25, 0.3) is 0 Å². The quantitative estimate of drug-likeness (QED) is 0.814. The van der Waals surface area contributed by atoms with Crippen molar-refractivity contribution in [2.24, 2.45) is 0 Å². The molecule has 1 atom stereocenters. The summed E-state index contributed by atoms with van der Waals surface area (Å²) in [6.45, 7) is 6.95. The smallest absolute Gasteiger partial charge is 0.128 e. The van der Waals surface area contributed by atoms with Gasteiger partial charge < -0.3 is 9.64 Å². The van der Waals surface area contributed by atoms with Gasteiger partial charge in [0.05, 0.1) is 13.2 Å². The van der Waals surface area contributed by atoms with Crippen LogP contribution in [-0.2, 0) is 4.74 Å². The zero-order valence-electron chi connectivity index (χ0n) is 11.9. The molecule has 0 aliphatic carbocycles. The first-order chi connectivity index (χ1) is 9.25. The van der Waals surface area contributed by atoms with Gasteiger partial charge in [0.1, 0.15) is 5.82 Å². The fraction of sp³-hybridized carbons (Fsp3) is 0.667. The van der Waals surface area contributed by atoms with E-state index in [1.807, 2.05) is 0 Å². The summed E-state index contributed by atoms with van der Waals surface area (Å²) in [5.74, 6) is 1.10. The molecule has 2 saturated heterocycles. The molecule has 19 heavy (non-hydrogen) atoms. The Morgan fingerprint density at radius 1 is 1.26 bits per heavy atom. The monoisotopic (exact) mass is 261 g/mol. The zero-order chi connectivity index (χ0) is 13.2. The lowest BCUT2D eigenvalue weighted by Gasteiger charge is -2.29. The van der Waals surface area contributed by atoms with E-state index in [-0.39, 0.29) is 0 Å². The van der Waals surface area contributed by atoms with Crippen LogP contribution in [0.15, 0.2) is 12.3 Å². The SMILES string of the molecule is Cc1cc(N2CCOCC2)ncc1[C@H]1CCCN1C. The maximum absolute atomic E-state index is 5.39. The van der Waals surface area contributed by atoms with Gasteiger partial charge in [0.25, 0.3) is 0 Å². The van der Waals surface area contributed by atoms with Crippen LogP contribution in [0.2, 0.25) is 0 Å². The number of hydrogen-bond acceptors (Lipinski definition) is 4. The predicted octanol–water partition coefficient (Wildman–Crippen LogP) is 1.99. The Morgan fingerprint density at radius 2 is 2.05 bits per heavy atom. The largest absolute Gasteiger partial charge is 0.378 e. The molecule has 3 heterocycles. The van der Waals surface area contributed by atoms with E-state index >= 15 is 0 Å². The standard InChI is InChI=1S/C15H23N3O/c1-12-10-15(18-6-8-19-9-7-18)16-11-13(12)14-4-3-5-17(14)2/h10-11,14H,3-9H2,1-2H3/t14-/m1/s1. The fourth-order valence-electron chi connectivity index (χ4n) is 3.17. The highest BCUT2D eigenvalue weighted by Crippen LogP contribution is 2.32. The van der Waals surface area contributed by atoms with Gasteiger partial charge in [-0.15, -0.1) is 0 Å². The maximum Gasteiger partial charge on any atom is 0.128 e. The molecule has 4 heteroatoms. The molecule has 0 spiro atoms. The lowest BCUT2D eigenvalue weighted by Crippen LogP contribution is -2.36. The number of hydrogen-bond donors (Lipinski definition) is 0. The molecule has 2 aliphatic rings. The minimum Gasteiger partial charge on any atom is -0.378 e. The summed E-state index contributed by atoms with van der Waals surface area (Å²) in [6.07, 6.45) is 4.65. The van der Waals surface area contributed by atoms with Gasteiger partial charge in [0, 0.05) is 25.3 Å². The van der Waals surface area contributed by atoms with E-state index in [0.29, 0.717) is 6.04 Å². The zero-order valence-corrected chi connectivity index (χ0v) is 11.9. The molecule has 4 nitrogen and oxygen atoms in total. The molecule has 0 aromatic carbocycles. The number of ether oxygens (including phenoxy) is 1. The Kier molecular flexibility index (Phi) is 3.71. The van der Waals surface area contributed by atoms with E-state index in [0.717, 1.165) is 32.1 Å². The Hall–Kier alpha value is -1.13. The third kappa shape index (κ3) is 2.60. The van der Waals surface area contributed by atoms with Crippen LogP contribution in [0.1, 0.15) is 30.0 Å². The van der Waals surface area contributed by atoms with Gasteiger partial charge in [-0.1, -0.05) is 0 Å². The van der Waals surface area contributed by atoms with E-state index in [4.69, 9.17) is 4.74 Å². The van der Waals surface area contributed by atoms with Crippen molar-refractivity contribution in [3.05, 3.63) is 23.4 Å². The van der Waals surface area contributed by atoms with E-state index < -0.39 is 0 Å². The maximum atomic E-state index is 5.39. The topological polar surface area (TPSA) is 28.6 Å². The molecule has 2 aliphatic heterocycles. The summed E-state index contributed by atoms with van der Waals surface area (Å²) in [5.41, 5.74) is 2.77. The first-order valence-electron chi connectivity index (χ1n) is 7.25. The lowest BCUT2D eigenvalue weighted by molar-refractivity contribution is 0.122. The highest BCUT2D eigenvalue weighted by atomic mass is 16.5. The first-order valence-corrected chi connectivity index (χ1v) is 7.25. The number of anilines is 1. The molecule has 0 radical (unpaired) electrons. The number of aromatic nitrogens is 1. The number of nitrogens with zero attached hydrogens (tertiary/aromatic N) is 3. The molecule has 0 saturated carbocycles. The van der Waals surface area contributed by atoms with Crippen molar-refractivity contribution in [3.8, 4) is 0 Å². The third-order valence-electron chi connectivity index (χ3n) is 4.35. The Bertz CT molecular complexity index is 443. The fourth-order valence-corrected chi connectivity index (χ4v) is 3.17. The van der Waals surface area contributed by atoms with Gasteiger partial charge in [-0.25, -0.2) is 4.98 Å². The third-order valence-corrected chi connectivity index (χ3v) is 4.35. The molecule has 1 aromatic heterocycles. The van der Waals surface area contributed by atoms with E-state index in [1.54, 1.807) is 0 Å². The molecule has 0 amide bonds. The van der Waals surface area contributed by atoms with E-state index in [2.05, 4.69) is 41.0 Å². The highest BCUT2D eigenvalue weighted by Gasteiger charge is 2.24. The van der Waals surface area contributed by atoms with Crippen molar-refractivity contribution in [1.82, 2.24) is 9.88 Å². The van der Waals surface area contributed by atoms with Crippen LogP contribution < -0.4 is 4.90 Å². The summed E-state index contributed by atoms with van der Waals surface area (Å²) in [5, 5.41) is 0. The van der Waals surface area contributed by atoms with Crippen molar-refractivity contribution in [1.29, 1.82) is 0 Å². The second-order valence-electron chi connectivity index (χ2n) is 5.64. The Labute approximate surface area is 115 Å². The van der Waals surface area contributed by atoms with Crippen molar-refractivity contribution in [3.63, 3.8) is 0 Å². The average molecular weight is 261 g/mol. The summed E-state index contributed by atoms with van der Waals surface area (Å²) in [7, 11) is 2.22. The van der Waals surface area contributed by atoms with Crippen LogP contribution in [0, 0.1) is 6.92 Å². The van der Waals surface area contributed by atoms with Crippen LogP contribution >= 0.6 is 0 Å². The summed E-state index contributed by atoms with van der Waals surface area (Å²) >= 11 is 0. The normalized spacial score (nSPS) is 24.9. The van der Waals surface area contributed by atoms with Gasteiger partial charge in [0.15, 0.2) is 0 Å². The van der Waals surface area contributed by atoms with Crippen LogP contribution in [0.4, 0.5) is 5.82 Å². The van der Waals surface area contributed by atoms with E-state index in [9.17, 15) is 0 Å². The summed E-state index contributed by atoms with van der Waals surface area (Å²) in [6, 6.07) is 2.80. The molecule has 0 N–H and O–H groups in total. The molecule has 0 unspecified atom stereocenters. The minimum atomic E-state index is 0.561. The molecule has 104 valence electrons. The molecule has 2 fully saturated rings. The van der Waals surface area contributed by atoms with Gasteiger partial charge in [-0.05, 0) is 50.6 Å². The van der Waals surface area contributed by atoms with Gasteiger partial charge in [-0.2, -0.15) is 0 Å². The summed E-state index contributed by atoms with van der Waals surface area (Å²) in [4.78, 5) is 9.45. The highest BCUT2D eigenvalue weighted by molar-refractivity contribution is 5.44. The minimum absolute atomic E-state index is 0.561. The van der Waals surface area contributed by atoms with Gasteiger partial charge in [-0.3, -0.25) is 4.90 Å². The van der Waals surface area contributed by atoms with Crippen molar-refractivity contribution < 1.29 is 4.74 Å². The Balaban J connectivity index is 1.81. The number of likely N-dealkylation sites (tertiary alicyclic amines) is 1.